The molecule has 134 valence electrons. The van der Waals surface area contributed by atoms with Crippen LogP contribution in [0.25, 0.3) is 0 Å². The number of hydrogen-bond donors (Lipinski definition) is 1. The summed E-state index contributed by atoms with van der Waals surface area (Å²) in [6, 6.07) is 1.61. The zero-order valence-corrected chi connectivity index (χ0v) is 14.7. The zero-order chi connectivity index (χ0) is 17.5. The van der Waals surface area contributed by atoms with Crippen LogP contribution in [-0.4, -0.2) is 54.2 Å². The number of aromatic nitrogens is 1. The fraction of sp³-hybridized carbons (Fsp3) is 0.706. The predicted molar refractivity (Wildman–Crippen MR) is 88.6 cm³/mol. The number of nitrogens with zero attached hydrogens (tertiary/aromatic N) is 2. The number of rotatable bonds is 8. The van der Waals surface area contributed by atoms with Crippen LogP contribution in [0.1, 0.15) is 49.4 Å². The van der Waals surface area contributed by atoms with Gasteiger partial charge in [0.2, 0.25) is 5.91 Å². The lowest BCUT2D eigenvalue weighted by Gasteiger charge is -2.24. The molecule has 0 radical (unpaired) electrons. The third-order valence-corrected chi connectivity index (χ3v) is 3.90. The molecular formula is C17H27N3O4. The SMILES string of the molecule is Cc1cc(C(=O)N(CCC(=O)NCC(C)C)C[C@@H]2CCCO2)no1. The smallest absolute Gasteiger partial charge is 0.276 e. The zero-order valence-electron chi connectivity index (χ0n) is 14.7. The normalized spacial score (nSPS) is 17.2. The average molecular weight is 337 g/mol. The monoisotopic (exact) mass is 337 g/mol. The molecule has 1 N–H and O–H groups in total. The third kappa shape index (κ3) is 5.63. The summed E-state index contributed by atoms with van der Waals surface area (Å²) in [5.74, 6) is 0.714. The molecule has 2 heterocycles. The first-order valence-electron chi connectivity index (χ1n) is 8.56. The fourth-order valence-electron chi connectivity index (χ4n) is 2.58. The molecule has 1 aliphatic heterocycles. The molecule has 1 atom stereocenters. The first-order chi connectivity index (χ1) is 11.5. The second-order valence-electron chi connectivity index (χ2n) is 6.66. The molecule has 7 heteroatoms. The van der Waals surface area contributed by atoms with Gasteiger partial charge in [-0.1, -0.05) is 19.0 Å². The summed E-state index contributed by atoms with van der Waals surface area (Å²) in [7, 11) is 0. The summed E-state index contributed by atoms with van der Waals surface area (Å²) < 4.78 is 10.6. The molecular weight excluding hydrogens is 310 g/mol. The van der Waals surface area contributed by atoms with Gasteiger partial charge in [0.05, 0.1) is 6.10 Å². The van der Waals surface area contributed by atoms with Crippen molar-refractivity contribution in [1.82, 2.24) is 15.4 Å². The fourth-order valence-corrected chi connectivity index (χ4v) is 2.58. The molecule has 1 aliphatic rings. The van der Waals surface area contributed by atoms with Crippen LogP contribution >= 0.6 is 0 Å². The summed E-state index contributed by atoms with van der Waals surface area (Å²) in [6.45, 7) is 8.01. The maximum atomic E-state index is 12.6. The highest BCUT2D eigenvalue weighted by Crippen LogP contribution is 2.15. The molecule has 0 saturated carbocycles. The second kappa shape index (κ2) is 8.82. The van der Waals surface area contributed by atoms with Crippen LogP contribution in [-0.2, 0) is 9.53 Å². The van der Waals surface area contributed by atoms with Crippen LogP contribution in [0.5, 0.6) is 0 Å². The van der Waals surface area contributed by atoms with Gasteiger partial charge in [-0.2, -0.15) is 0 Å². The van der Waals surface area contributed by atoms with Gasteiger partial charge in [-0.25, -0.2) is 0 Å². The Morgan fingerprint density at radius 2 is 2.25 bits per heavy atom. The van der Waals surface area contributed by atoms with Crippen molar-refractivity contribution in [2.45, 2.75) is 46.1 Å². The Morgan fingerprint density at radius 3 is 2.83 bits per heavy atom. The van der Waals surface area contributed by atoms with E-state index in [0.717, 1.165) is 19.4 Å². The van der Waals surface area contributed by atoms with Gasteiger partial charge in [-0.15, -0.1) is 0 Å². The van der Waals surface area contributed by atoms with Crippen molar-refractivity contribution in [3.63, 3.8) is 0 Å². The van der Waals surface area contributed by atoms with E-state index in [-0.39, 0.29) is 30.0 Å². The van der Waals surface area contributed by atoms with Crippen molar-refractivity contribution < 1.29 is 18.8 Å². The highest BCUT2D eigenvalue weighted by molar-refractivity contribution is 5.92. The van der Waals surface area contributed by atoms with E-state index in [1.54, 1.807) is 17.9 Å². The van der Waals surface area contributed by atoms with E-state index in [9.17, 15) is 9.59 Å². The van der Waals surface area contributed by atoms with Gasteiger partial charge >= 0.3 is 0 Å². The van der Waals surface area contributed by atoms with Gasteiger partial charge in [0, 0.05) is 38.7 Å². The van der Waals surface area contributed by atoms with Crippen LogP contribution in [0.2, 0.25) is 0 Å². The molecule has 2 amide bonds. The largest absolute Gasteiger partial charge is 0.376 e. The average Bonchev–Trinajstić information content (AvgIpc) is 3.20. The maximum Gasteiger partial charge on any atom is 0.276 e. The minimum atomic E-state index is -0.223. The lowest BCUT2D eigenvalue weighted by Crippen LogP contribution is -2.40. The molecule has 1 fully saturated rings. The molecule has 1 saturated heterocycles. The maximum absolute atomic E-state index is 12.6. The van der Waals surface area contributed by atoms with Crippen LogP contribution in [0.3, 0.4) is 0 Å². The van der Waals surface area contributed by atoms with E-state index in [4.69, 9.17) is 9.26 Å². The number of amides is 2. The van der Waals surface area contributed by atoms with Gasteiger partial charge in [0.25, 0.3) is 5.91 Å². The number of nitrogens with one attached hydrogen (secondary N) is 1. The molecule has 1 aromatic rings. The predicted octanol–water partition coefficient (Wildman–Crippen LogP) is 1.77. The molecule has 7 nitrogen and oxygen atoms in total. The number of carbonyl (C=O) groups is 2. The lowest BCUT2D eigenvalue weighted by atomic mass is 10.2. The Hall–Kier alpha value is -1.89. The molecule has 0 bridgehead atoms. The minimum Gasteiger partial charge on any atom is -0.376 e. The Kier molecular flexibility index (Phi) is 6.78. The summed E-state index contributed by atoms with van der Waals surface area (Å²) in [6.07, 6.45) is 2.23. The first-order valence-corrected chi connectivity index (χ1v) is 8.56. The molecule has 0 unspecified atom stereocenters. The topological polar surface area (TPSA) is 84.7 Å². The van der Waals surface area contributed by atoms with Crippen molar-refractivity contribution in [3.05, 3.63) is 17.5 Å². The summed E-state index contributed by atoms with van der Waals surface area (Å²) in [5, 5.41) is 6.66. The Morgan fingerprint density at radius 1 is 1.46 bits per heavy atom. The third-order valence-electron chi connectivity index (χ3n) is 3.90. The summed E-state index contributed by atoms with van der Waals surface area (Å²) >= 11 is 0. The van der Waals surface area contributed by atoms with Crippen LogP contribution in [0.15, 0.2) is 10.6 Å². The van der Waals surface area contributed by atoms with E-state index in [1.807, 2.05) is 13.8 Å². The molecule has 0 aromatic carbocycles. The van der Waals surface area contributed by atoms with Crippen molar-refractivity contribution in [1.29, 1.82) is 0 Å². The van der Waals surface area contributed by atoms with Crippen LogP contribution < -0.4 is 5.32 Å². The minimum absolute atomic E-state index is 0.0284. The van der Waals surface area contributed by atoms with Gasteiger partial charge in [-0.3, -0.25) is 9.59 Å². The van der Waals surface area contributed by atoms with E-state index in [1.165, 1.54) is 0 Å². The first kappa shape index (κ1) is 18.4. The number of aryl methyl sites for hydroxylation is 1. The Labute approximate surface area is 142 Å². The number of ether oxygens (including phenoxy) is 1. The lowest BCUT2D eigenvalue weighted by molar-refractivity contribution is -0.121. The van der Waals surface area contributed by atoms with Gasteiger partial charge < -0.3 is 19.5 Å². The van der Waals surface area contributed by atoms with Gasteiger partial charge in [0.15, 0.2) is 5.69 Å². The molecule has 24 heavy (non-hydrogen) atoms. The highest BCUT2D eigenvalue weighted by atomic mass is 16.5. The van der Waals surface area contributed by atoms with Crippen LogP contribution in [0, 0.1) is 12.8 Å². The molecule has 2 rings (SSSR count). The highest BCUT2D eigenvalue weighted by Gasteiger charge is 2.25. The second-order valence-corrected chi connectivity index (χ2v) is 6.66. The molecule has 1 aromatic heterocycles. The van der Waals surface area contributed by atoms with E-state index >= 15 is 0 Å². The standard InChI is InChI=1S/C17H27N3O4/c1-12(2)10-18-16(21)6-7-20(11-14-5-4-8-23-14)17(22)15-9-13(3)24-19-15/h9,12,14H,4-8,10-11H2,1-3H3,(H,18,21)/t14-/m0/s1. The van der Waals surface area contributed by atoms with Crippen molar-refractivity contribution in [3.8, 4) is 0 Å². The van der Waals surface area contributed by atoms with Gasteiger partial charge in [0.1, 0.15) is 5.76 Å². The van der Waals surface area contributed by atoms with E-state index < -0.39 is 0 Å². The Bertz CT molecular complexity index is 550. The van der Waals surface area contributed by atoms with Crippen molar-refractivity contribution in [2.75, 3.05) is 26.2 Å². The summed E-state index contributed by atoms with van der Waals surface area (Å²) in [5.41, 5.74) is 0.271. The van der Waals surface area contributed by atoms with E-state index in [2.05, 4.69) is 10.5 Å². The Balaban J connectivity index is 1.94. The van der Waals surface area contributed by atoms with Gasteiger partial charge in [-0.05, 0) is 25.7 Å². The van der Waals surface area contributed by atoms with E-state index in [0.29, 0.717) is 31.3 Å². The van der Waals surface area contributed by atoms with Crippen molar-refractivity contribution >= 4 is 11.8 Å². The summed E-state index contributed by atoms with van der Waals surface area (Å²) in [4.78, 5) is 26.2. The van der Waals surface area contributed by atoms with Crippen LogP contribution in [0.4, 0.5) is 0 Å². The number of carbonyl (C=O) groups excluding carboxylic acids is 2. The molecule has 0 aliphatic carbocycles. The number of hydrogen-bond acceptors (Lipinski definition) is 5. The molecule has 0 spiro atoms. The van der Waals surface area contributed by atoms with Crippen molar-refractivity contribution in [2.24, 2.45) is 5.92 Å². The quantitative estimate of drug-likeness (QED) is 0.781.